The molecule has 2 aromatic rings. The van der Waals surface area contributed by atoms with Crippen molar-refractivity contribution in [1.29, 1.82) is 0 Å². The fourth-order valence-corrected chi connectivity index (χ4v) is 2.90. The van der Waals surface area contributed by atoms with Gasteiger partial charge in [-0.2, -0.15) is 16.8 Å². The second-order valence-corrected chi connectivity index (χ2v) is 6.80. The zero-order valence-corrected chi connectivity index (χ0v) is 14.6. The first-order valence-corrected chi connectivity index (χ1v) is 8.02. The third-order valence-corrected chi connectivity index (χ3v) is 4.41. The molecule has 0 amide bonds. The monoisotopic (exact) mass is 357 g/mol. The van der Waals surface area contributed by atoms with Gasteiger partial charge in [0.15, 0.2) is 0 Å². The Labute approximate surface area is 148 Å². The summed E-state index contributed by atoms with van der Waals surface area (Å²) < 4.78 is 62.2. The van der Waals surface area contributed by atoms with Crippen molar-refractivity contribution in [3.8, 4) is 5.75 Å². The van der Waals surface area contributed by atoms with E-state index in [1.807, 2.05) is 0 Å². The van der Waals surface area contributed by atoms with E-state index < -0.39 is 41.5 Å². The van der Waals surface area contributed by atoms with Crippen molar-refractivity contribution < 1.29 is 62.0 Å². The Morgan fingerprint density at radius 1 is 0.955 bits per heavy atom. The summed E-state index contributed by atoms with van der Waals surface area (Å²) in [6, 6.07) is 3.29. The minimum absolute atomic E-state index is 0. The Hall–Kier alpha value is -1.08. The Bertz CT molecular complexity index is 974. The van der Waals surface area contributed by atoms with Crippen LogP contribution in [0, 0.1) is 4.91 Å². The van der Waals surface area contributed by atoms with Gasteiger partial charge in [-0.1, -0.05) is 0 Å². The largest absolute Gasteiger partial charge is 1.00 e. The van der Waals surface area contributed by atoms with Crippen molar-refractivity contribution in [2.75, 3.05) is 0 Å². The van der Waals surface area contributed by atoms with Crippen LogP contribution in [0.1, 0.15) is 1.43 Å². The molecule has 0 unspecified atom stereocenters. The van der Waals surface area contributed by atoms with Gasteiger partial charge >= 0.3 is 29.6 Å². The quantitative estimate of drug-likeness (QED) is 0.342. The van der Waals surface area contributed by atoms with Gasteiger partial charge in [0.05, 0.1) is 4.90 Å². The first-order valence-electron chi connectivity index (χ1n) is 5.14. The van der Waals surface area contributed by atoms with Crippen molar-refractivity contribution in [3.63, 3.8) is 0 Å². The van der Waals surface area contributed by atoms with Crippen LogP contribution >= 0.6 is 0 Å². The molecule has 0 aliphatic heterocycles. The SMILES string of the molecule is O=Nc1cc(S(=O)(=O)O)c(O)c2ccc(S(=O)(=O)O)cc12.[H-].[Na+]. The summed E-state index contributed by atoms with van der Waals surface area (Å²) in [6.45, 7) is 0. The van der Waals surface area contributed by atoms with Gasteiger partial charge in [0.1, 0.15) is 16.3 Å². The molecule has 22 heavy (non-hydrogen) atoms. The van der Waals surface area contributed by atoms with E-state index >= 15 is 0 Å². The molecule has 0 bridgehead atoms. The second-order valence-electron chi connectivity index (χ2n) is 3.99. The minimum atomic E-state index is -4.81. The zero-order valence-electron chi connectivity index (χ0n) is 12.0. The van der Waals surface area contributed by atoms with Crippen LogP contribution < -0.4 is 29.6 Å². The molecule has 0 radical (unpaired) electrons. The van der Waals surface area contributed by atoms with E-state index in [9.17, 15) is 26.8 Å². The molecule has 114 valence electrons. The molecule has 2 rings (SSSR count). The van der Waals surface area contributed by atoms with Crippen LogP contribution in [0.2, 0.25) is 0 Å². The molecular weight excluding hydrogens is 349 g/mol. The maximum absolute atomic E-state index is 11.1. The normalized spacial score (nSPS) is 11.9. The predicted octanol–water partition coefficient (Wildman–Crippen LogP) is -1.45. The van der Waals surface area contributed by atoms with Crippen LogP contribution in [0.5, 0.6) is 5.75 Å². The molecule has 0 saturated heterocycles. The number of rotatable bonds is 3. The summed E-state index contributed by atoms with van der Waals surface area (Å²) in [7, 11) is -9.38. The van der Waals surface area contributed by atoms with Crippen LogP contribution in [0.4, 0.5) is 5.69 Å². The standard InChI is InChI=1S/C10H7NO8S2.Na.H/c12-10-6-2-1-5(20(14,15)16)3-7(6)8(11-13)4-9(10)21(17,18)19;;/h1-4,12H,(H,14,15,16)(H,17,18,19);;/q;+1;-1. The van der Waals surface area contributed by atoms with Crippen LogP contribution in [0.3, 0.4) is 0 Å². The molecule has 0 aliphatic carbocycles. The number of hydrogen-bond acceptors (Lipinski definition) is 7. The van der Waals surface area contributed by atoms with Gasteiger partial charge < -0.3 is 6.53 Å². The molecule has 2 aromatic carbocycles. The summed E-state index contributed by atoms with van der Waals surface area (Å²) in [5.74, 6) is -0.873. The van der Waals surface area contributed by atoms with E-state index in [4.69, 9.17) is 9.11 Å². The van der Waals surface area contributed by atoms with Crippen LogP contribution in [0.25, 0.3) is 10.8 Å². The summed E-state index contributed by atoms with van der Waals surface area (Å²) in [5, 5.41) is 11.9. The summed E-state index contributed by atoms with van der Waals surface area (Å²) in [5.41, 5.74) is -0.527. The van der Waals surface area contributed by atoms with Crippen LogP contribution in [-0.2, 0) is 20.2 Å². The molecule has 0 heterocycles. The van der Waals surface area contributed by atoms with Crippen LogP contribution in [-0.4, -0.2) is 31.0 Å². The van der Waals surface area contributed by atoms with Gasteiger partial charge in [-0.3, -0.25) is 9.11 Å². The molecule has 12 heteroatoms. The molecule has 0 spiro atoms. The molecule has 0 aliphatic rings. The molecule has 0 aromatic heterocycles. The maximum atomic E-state index is 11.1. The van der Waals surface area contributed by atoms with Gasteiger partial charge in [0.2, 0.25) is 0 Å². The fraction of sp³-hybridized carbons (Fsp3) is 0. The van der Waals surface area contributed by atoms with E-state index in [0.717, 1.165) is 18.2 Å². The number of benzene rings is 2. The van der Waals surface area contributed by atoms with Gasteiger partial charge in [0.25, 0.3) is 20.2 Å². The van der Waals surface area contributed by atoms with E-state index in [0.29, 0.717) is 6.07 Å². The molecule has 0 fully saturated rings. The van der Waals surface area contributed by atoms with Crippen molar-refractivity contribution in [3.05, 3.63) is 29.2 Å². The van der Waals surface area contributed by atoms with Gasteiger partial charge in [-0.15, -0.1) is 4.91 Å². The molecular formula is C10H8NNaO8S2. The van der Waals surface area contributed by atoms with Crippen molar-refractivity contribution >= 4 is 36.7 Å². The summed E-state index contributed by atoms with van der Waals surface area (Å²) in [4.78, 5) is 9.24. The average molecular weight is 357 g/mol. The number of phenolic OH excluding ortho intramolecular Hbond substituents is 1. The number of nitroso groups, excluding NO2 is 1. The number of hydrogen-bond donors (Lipinski definition) is 3. The van der Waals surface area contributed by atoms with Crippen molar-refractivity contribution in [2.24, 2.45) is 5.18 Å². The molecule has 0 saturated carbocycles. The Kier molecular flexibility index (Phi) is 5.34. The number of aromatic hydroxyl groups is 1. The molecule has 3 N–H and O–H groups in total. The zero-order chi connectivity index (χ0) is 16.0. The van der Waals surface area contributed by atoms with E-state index in [-0.39, 0.29) is 41.8 Å². The maximum Gasteiger partial charge on any atom is 1.00 e. The third-order valence-electron chi connectivity index (χ3n) is 2.70. The topological polar surface area (TPSA) is 158 Å². The first-order chi connectivity index (χ1) is 9.55. The number of nitrogens with zero attached hydrogens (tertiary/aromatic N) is 1. The Morgan fingerprint density at radius 2 is 1.55 bits per heavy atom. The number of fused-ring (bicyclic) bond motifs is 1. The first kappa shape index (κ1) is 19.0. The summed E-state index contributed by atoms with van der Waals surface area (Å²) >= 11 is 0. The third kappa shape index (κ3) is 3.46. The Balaban J connectivity index is 0.00000242. The van der Waals surface area contributed by atoms with Gasteiger partial charge in [-0.25, -0.2) is 0 Å². The Morgan fingerprint density at radius 3 is 2.00 bits per heavy atom. The average Bonchev–Trinajstić information content (AvgIpc) is 2.36. The fourth-order valence-electron chi connectivity index (χ4n) is 1.78. The molecule has 9 nitrogen and oxygen atoms in total. The minimum Gasteiger partial charge on any atom is -1.00 e. The smallest absolute Gasteiger partial charge is 1.00 e. The van der Waals surface area contributed by atoms with E-state index in [2.05, 4.69) is 5.18 Å². The molecule has 0 atom stereocenters. The number of phenols is 1. The van der Waals surface area contributed by atoms with E-state index in [1.54, 1.807) is 0 Å². The van der Waals surface area contributed by atoms with Crippen molar-refractivity contribution in [2.45, 2.75) is 9.79 Å². The van der Waals surface area contributed by atoms with Gasteiger partial charge in [-0.05, 0) is 29.4 Å². The second kappa shape index (κ2) is 6.20. The predicted molar refractivity (Wildman–Crippen MR) is 71.8 cm³/mol. The summed E-state index contributed by atoms with van der Waals surface area (Å²) in [6.07, 6.45) is 0. The van der Waals surface area contributed by atoms with Crippen molar-refractivity contribution in [1.82, 2.24) is 0 Å². The van der Waals surface area contributed by atoms with Gasteiger partial charge in [0, 0.05) is 10.8 Å². The van der Waals surface area contributed by atoms with E-state index in [1.165, 1.54) is 0 Å². The van der Waals surface area contributed by atoms with Crippen LogP contribution in [0.15, 0.2) is 39.2 Å².